The van der Waals surface area contributed by atoms with Gasteiger partial charge in [0.15, 0.2) is 0 Å². The van der Waals surface area contributed by atoms with Gasteiger partial charge in [-0.25, -0.2) is 0 Å². The Morgan fingerprint density at radius 2 is 2.26 bits per heavy atom. The standard InChI is InChI=1S/C15H24N2O2/c1-10-6-11(2)15(18-3)13(7-10)14(16)8-12-9-17-4-5-19-12/h6-7,12,14,17H,4-5,8-9,16H2,1-3H3. The average Bonchev–Trinajstić information content (AvgIpc) is 2.39. The van der Waals surface area contributed by atoms with E-state index in [-0.39, 0.29) is 12.1 Å². The molecular weight excluding hydrogens is 240 g/mol. The molecule has 1 aliphatic rings. The number of benzene rings is 1. The quantitative estimate of drug-likeness (QED) is 0.869. The van der Waals surface area contributed by atoms with E-state index in [4.69, 9.17) is 15.2 Å². The van der Waals surface area contributed by atoms with E-state index in [0.717, 1.165) is 43.0 Å². The van der Waals surface area contributed by atoms with Crippen LogP contribution in [0.1, 0.15) is 29.2 Å². The van der Waals surface area contributed by atoms with Gasteiger partial charge in [0, 0.05) is 24.7 Å². The number of rotatable bonds is 4. The van der Waals surface area contributed by atoms with Gasteiger partial charge in [0.1, 0.15) is 5.75 Å². The van der Waals surface area contributed by atoms with Crippen molar-refractivity contribution in [2.75, 3.05) is 26.8 Å². The monoisotopic (exact) mass is 264 g/mol. The molecule has 3 N–H and O–H groups in total. The Morgan fingerprint density at radius 3 is 2.89 bits per heavy atom. The van der Waals surface area contributed by atoms with E-state index < -0.39 is 0 Å². The molecular formula is C15H24N2O2. The maximum atomic E-state index is 6.35. The highest BCUT2D eigenvalue weighted by Gasteiger charge is 2.21. The summed E-state index contributed by atoms with van der Waals surface area (Å²) in [5.74, 6) is 0.905. The van der Waals surface area contributed by atoms with Crippen molar-refractivity contribution in [1.82, 2.24) is 5.32 Å². The minimum atomic E-state index is -0.0570. The molecule has 0 radical (unpaired) electrons. The van der Waals surface area contributed by atoms with Gasteiger partial charge in [0.25, 0.3) is 0 Å². The summed E-state index contributed by atoms with van der Waals surface area (Å²) in [5.41, 5.74) is 9.78. The van der Waals surface area contributed by atoms with E-state index in [2.05, 4.69) is 31.3 Å². The molecule has 2 unspecified atom stereocenters. The zero-order chi connectivity index (χ0) is 13.8. The van der Waals surface area contributed by atoms with Crippen LogP contribution in [0.4, 0.5) is 0 Å². The largest absolute Gasteiger partial charge is 0.496 e. The third-order valence-electron chi connectivity index (χ3n) is 3.57. The van der Waals surface area contributed by atoms with E-state index in [0.29, 0.717) is 0 Å². The molecule has 106 valence electrons. The Kier molecular flexibility index (Phi) is 4.80. The smallest absolute Gasteiger partial charge is 0.126 e. The third-order valence-corrected chi connectivity index (χ3v) is 3.57. The van der Waals surface area contributed by atoms with Crippen LogP contribution < -0.4 is 15.8 Å². The number of methoxy groups -OCH3 is 1. The lowest BCUT2D eigenvalue weighted by Crippen LogP contribution is -2.40. The Labute approximate surface area is 115 Å². The number of ether oxygens (including phenoxy) is 2. The molecule has 2 atom stereocenters. The van der Waals surface area contributed by atoms with Gasteiger partial charge in [-0.05, 0) is 25.8 Å². The maximum absolute atomic E-state index is 6.35. The van der Waals surface area contributed by atoms with E-state index in [1.807, 2.05) is 0 Å². The Hall–Kier alpha value is -1.10. The number of nitrogens with two attached hydrogens (primary N) is 1. The lowest BCUT2D eigenvalue weighted by molar-refractivity contribution is 0.0194. The van der Waals surface area contributed by atoms with Gasteiger partial charge in [-0.15, -0.1) is 0 Å². The van der Waals surface area contributed by atoms with Crippen molar-refractivity contribution in [2.24, 2.45) is 5.73 Å². The van der Waals surface area contributed by atoms with E-state index in [1.165, 1.54) is 5.56 Å². The van der Waals surface area contributed by atoms with Crippen LogP contribution in [0, 0.1) is 13.8 Å². The summed E-state index contributed by atoms with van der Waals surface area (Å²) < 4.78 is 11.2. The van der Waals surface area contributed by atoms with Gasteiger partial charge in [-0.2, -0.15) is 0 Å². The molecule has 4 nitrogen and oxygen atoms in total. The van der Waals surface area contributed by atoms with Crippen LogP contribution in [0.5, 0.6) is 5.75 Å². The average molecular weight is 264 g/mol. The number of aryl methyl sites for hydroxylation is 2. The zero-order valence-corrected chi connectivity index (χ0v) is 12.0. The first-order chi connectivity index (χ1) is 9.11. The molecule has 1 aromatic rings. The fourth-order valence-corrected chi connectivity index (χ4v) is 2.72. The van der Waals surface area contributed by atoms with E-state index in [1.54, 1.807) is 7.11 Å². The normalized spacial score (nSPS) is 21.2. The van der Waals surface area contributed by atoms with Crippen LogP contribution in [-0.2, 0) is 4.74 Å². The zero-order valence-electron chi connectivity index (χ0n) is 12.0. The minimum absolute atomic E-state index is 0.0570. The topological polar surface area (TPSA) is 56.5 Å². The van der Waals surface area contributed by atoms with Crippen LogP contribution >= 0.6 is 0 Å². The molecule has 0 spiro atoms. The molecule has 1 heterocycles. The second-order valence-corrected chi connectivity index (χ2v) is 5.24. The second-order valence-electron chi connectivity index (χ2n) is 5.24. The Balaban J connectivity index is 2.15. The summed E-state index contributed by atoms with van der Waals surface area (Å²) >= 11 is 0. The highest BCUT2D eigenvalue weighted by atomic mass is 16.5. The summed E-state index contributed by atoms with van der Waals surface area (Å²) in [4.78, 5) is 0. The van der Waals surface area contributed by atoms with Gasteiger partial charge < -0.3 is 20.5 Å². The van der Waals surface area contributed by atoms with E-state index in [9.17, 15) is 0 Å². The van der Waals surface area contributed by atoms with Crippen LogP contribution in [0.25, 0.3) is 0 Å². The molecule has 1 fully saturated rings. The van der Waals surface area contributed by atoms with Gasteiger partial charge in [-0.1, -0.05) is 17.7 Å². The SMILES string of the molecule is COc1c(C)cc(C)cc1C(N)CC1CNCCO1. The van der Waals surface area contributed by atoms with Crippen molar-refractivity contribution in [3.8, 4) is 5.75 Å². The minimum Gasteiger partial charge on any atom is -0.496 e. The number of morpholine rings is 1. The molecule has 4 heteroatoms. The molecule has 1 aromatic carbocycles. The van der Waals surface area contributed by atoms with Gasteiger partial charge >= 0.3 is 0 Å². The number of hydrogen-bond donors (Lipinski definition) is 2. The van der Waals surface area contributed by atoms with Crippen LogP contribution in [0.2, 0.25) is 0 Å². The summed E-state index contributed by atoms with van der Waals surface area (Å²) in [6, 6.07) is 4.18. The lowest BCUT2D eigenvalue weighted by atomic mass is 9.96. The summed E-state index contributed by atoms with van der Waals surface area (Å²) in [6.07, 6.45) is 1.00. The van der Waals surface area contributed by atoms with Crippen molar-refractivity contribution in [1.29, 1.82) is 0 Å². The van der Waals surface area contributed by atoms with Gasteiger partial charge in [-0.3, -0.25) is 0 Å². The van der Waals surface area contributed by atoms with E-state index >= 15 is 0 Å². The van der Waals surface area contributed by atoms with Crippen molar-refractivity contribution in [2.45, 2.75) is 32.4 Å². The molecule has 0 aromatic heterocycles. The second kappa shape index (κ2) is 6.37. The van der Waals surface area contributed by atoms with Gasteiger partial charge in [0.05, 0.1) is 19.8 Å². The van der Waals surface area contributed by atoms with Crippen molar-refractivity contribution >= 4 is 0 Å². The third kappa shape index (κ3) is 3.47. The lowest BCUT2D eigenvalue weighted by Gasteiger charge is -2.27. The predicted molar refractivity (Wildman–Crippen MR) is 76.6 cm³/mol. The fourth-order valence-electron chi connectivity index (χ4n) is 2.72. The summed E-state index contributed by atoms with van der Waals surface area (Å²) in [7, 11) is 1.70. The number of hydrogen-bond acceptors (Lipinski definition) is 4. The Bertz CT molecular complexity index is 428. The first kappa shape index (κ1) is 14.3. The first-order valence-electron chi connectivity index (χ1n) is 6.85. The molecule has 1 aliphatic heterocycles. The van der Waals surface area contributed by atoms with Crippen molar-refractivity contribution < 1.29 is 9.47 Å². The molecule has 2 rings (SSSR count). The highest BCUT2D eigenvalue weighted by Crippen LogP contribution is 2.31. The maximum Gasteiger partial charge on any atom is 0.126 e. The van der Waals surface area contributed by atoms with Crippen LogP contribution in [0.15, 0.2) is 12.1 Å². The first-order valence-corrected chi connectivity index (χ1v) is 6.85. The van der Waals surface area contributed by atoms with Gasteiger partial charge in [0.2, 0.25) is 0 Å². The molecule has 0 aliphatic carbocycles. The molecule has 19 heavy (non-hydrogen) atoms. The fraction of sp³-hybridized carbons (Fsp3) is 0.600. The van der Waals surface area contributed by atoms with Crippen molar-refractivity contribution in [3.63, 3.8) is 0 Å². The summed E-state index contributed by atoms with van der Waals surface area (Å²) in [5, 5.41) is 3.33. The highest BCUT2D eigenvalue weighted by molar-refractivity contribution is 5.45. The molecule has 0 bridgehead atoms. The van der Waals surface area contributed by atoms with Crippen LogP contribution in [-0.4, -0.2) is 32.9 Å². The Morgan fingerprint density at radius 1 is 1.47 bits per heavy atom. The number of nitrogens with one attached hydrogen (secondary N) is 1. The van der Waals surface area contributed by atoms with Crippen molar-refractivity contribution in [3.05, 3.63) is 28.8 Å². The summed E-state index contributed by atoms with van der Waals surface area (Å²) in [6.45, 7) is 6.71. The molecule has 0 saturated carbocycles. The molecule has 1 saturated heterocycles. The predicted octanol–water partition coefficient (Wildman–Crippen LogP) is 1.69. The van der Waals surface area contributed by atoms with Crippen LogP contribution in [0.3, 0.4) is 0 Å². The molecule has 0 amide bonds.